The summed E-state index contributed by atoms with van der Waals surface area (Å²) in [5, 5.41) is 4.61. The lowest BCUT2D eigenvalue weighted by Crippen LogP contribution is -2.54. The first kappa shape index (κ1) is 25.3. The number of hydrogen-bond donors (Lipinski definition) is 0. The number of nitrogens with zero attached hydrogens (tertiary/aromatic N) is 2. The molecule has 2 rings (SSSR count). The van der Waals surface area contributed by atoms with Crippen LogP contribution in [0.15, 0.2) is 34.3 Å². The Morgan fingerprint density at radius 3 is 2.23 bits per heavy atom. The summed E-state index contributed by atoms with van der Waals surface area (Å²) in [4.78, 5) is 9.42. The van der Waals surface area contributed by atoms with Crippen molar-refractivity contribution in [1.29, 1.82) is 0 Å². The maximum Gasteiger partial charge on any atom is 0.500 e. The monoisotopic (exact) mass is 456 g/mol. The van der Waals surface area contributed by atoms with Gasteiger partial charge in [-0.1, -0.05) is 17.3 Å². The highest BCUT2D eigenvalue weighted by molar-refractivity contribution is 7.98. The van der Waals surface area contributed by atoms with E-state index in [2.05, 4.69) is 54.4 Å². The zero-order valence-corrected chi connectivity index (χ0v) is 20.9. The van der Waals surface area contributed by atoms with Gasteiger partial charge in [0.1, 0.15) is 12.3 Å². The Kier molecular flexibility index (Phi) is 10.3. The summed E-state index contributed by atoms with van der Waals surface area (Å²) >= 11 is 1.73. The van der Waals surface area contributed by atoms with Crippen LogP contribution in [0.2, 0.25) is 6.04 Å². The van der Waals surface area contributed by atoms with Gasteiger partial charge in [-0.2, -0.15) is 0 Å². The van der Waals surface area contributed by atoms with Crippen molar-refractivity contribution in [2.45, 2.75) is 36.7 Å². The number of ether oxygens (including phenoxy) is 1. The minimum atomic E-state index is -2.59. The van der Waals surface area contributed by atoms with Gasteiger partial charge in [0, 0.05) is 50.9 Å². The summed E-state index contributed by atoms with van der Waals surface area (Å²) in [6, 6.07) is 9.17. The van der Waals surface area contributed by atoms with Crippen LogP contribution in [0.5, 0.6) is 0 Å². The molecule has 9 heteroatoms. The van der Waals surface area contributed by atoms with E-state index in [-0.39, 0.29) is 5.54 Å². The normalized spacial score (nSPS) is 16.7. The first-order valence-corrected chi connectivity index (χ1v) is 13.4. The third-order valence-electron chi connectivity index (χ3n) is 5.55. The molecule has 0 N–H and O–H groups in total. The van der Waals surface area contributed by atoms with E-state index in [1.54, 1.807) is 33.1 Å². The fourth-order valence-corrected chi connectivity index (χ4v) is 5.66. The van der Waals surface area contributed by atoms with Crippen molar-refractivity contribution in [3.63, 3.8) is 0 Å². The number of thioether (sulfide) groups is 1. The number of hydrogen-bond acceptors (Lipinski definition) is 8. The Balaban J connectivity index is 2.14. The summed E-state index contributed by atoms with van der Waals surface area (Å²) in [5.74, 6) is 0. The topological polar surface area (TPSA) is 61.8 Å². The largest absolute Gasteiger partial charge is 0.500 e. The highest BCUT2D eigenvalue weighted by atomic mass is 32.2. The van der Waals surface area contributed by atoms with Crippen LogP contribution in [0.25, 0.3) is 0 Å². The molecule has 0 bridgehead atoms. The highest BCUT2D eigenvalue weighted by Crippen LogP contribution is 2.25. The Morgan fingerprint density at radius 2 is 1.70 bits per heavy atom. The van der Waals surface area contributed by atoms with Gasteiger partial charge in [0.2, 0.25) is 0 Å². The van der Waals surface area contributed by atoms with Crippen LogP contribution in [-0.4, -0.2) is 85.5 Å². The van der Waals surface area contributed by atoms with Gasteiger partial charge < -0.3 is 22.9 Å². The molecule has 1 aromatic carbocycles. The zero-order chi connectivity index (χ0) is 22.0. The average Bonchev–Trinajstić information content (AvgIpc) is 2.80. The smallest absolute Gasteiger partial charge is 0.396 e. The average molecular weight is 457 g/mol. The van der Waals surface area contributed by atoms with Gasteiger partial charge in [-0.15, -0.1) is 11.8 Å². The molecule has 0 radical (unpaired) electrons. The molecule has 0 atom stereocenters. The zero-order valence-electron chi connectivity index (χ0n) is 19.1. The molecule has 170 valence electrons. The minimum Gasteiger partial charge on any atom is -0.396 e. The third-order valence-corrected chi connectivity index (χ3v) is 9.13. The van der Waals surface area contributed by atoms with Crippen molar-refractivity contribution >= 4 is 26.3 Å². The Hall–Kier alpha value is -0.943. The van der Waals surface area contributed by atoms with Crippen LogP contribution in [-0.2, 0) is 22.9 Å². The van der Waals surface area contributed by atoms with Crippen LogP contribution >= 0.6 is 11.8 Å². The molecule has 0 saturated carbocycles. The highest BCUT2D eigenvalue weighted by Gasteiger charge is 2.37. The van der Waals surface area contributed by atoms with Gasteiger partial charge in [0.25, 0.3) is 0 Å². The quantitative estimate of drug-likeness (QED) is 0.157. The van der Waals surface area contributed by atoms with Gasteiger partial charge in [-0.3, -0.25) is 4.90 Å². The number of rotatable bonds is 12. The lowest BCUT2D eigenvalue weighted by atomic mass is 9.90. The molecule has 0 aromatic heterocycles. The van der Waals surface area contributed by atoms with E-state index in [0.29, 0.717) is 12.7 Å². The molecule has 1 fully saturated rings. The Labute approximate surface area is 186 Å². The first-order valence-electron chi connectivity index (χ1n) is 10.3. The molecule has 0 amide bonds. The first-order chi connectivity index (χ1) is 14.4. The predicted molar refractivity (Wildman–Crippen MR) is 123 cm³/mol. The predicted octanol–water partition coefficient (Wildman–Crippen LogP) is 3.51. The second-order valence-electron chi connectivity index (χ2n) is 7.56. The van der Waals surface area contributed by atoms with E-state index in [1.807, 2.05) is 0 Å². The number of oxime groups is 1. The molecule has 0 unspecified atom stereocenters. The summed E-state index contributed by atoms with van der Waals surface area (Å²) in [6.07, 6.45) is 2.82. The fourth-order valence-electron chi connectivity index (χ4n) is 3.56. The van der Waals surface area contributed by atoms with Gasteiger partial charge in [0.05, 0.1) is 18.8 Å². The van der Waals surface area contributed by atoms with Crippen LogP contribution in [0.4, 0.5) is 0 Å². The molecule has 1 aliphatic rings. The maximum absolute atomic E-state index is 5.79. The molecule has 30 heavy (non-hydrogen) atoms. The van der Waals surface area contributed by atoms with Crippen LogP contribution in [0, 0.1) is 0 Å². The minimum absolute atomic E-state index is 0.283. The molecule has 0 aliphatic carbocycles. The van der Waals surface area contributed by atoms with Crippen LogP contribution in [0.3, 0.4) is 0 Å². The molecular weight excluding hydrogens is 420 g/mol. The summed E-state index contributed by atoms with van der Waals surface area (Å²) < 4.78 is 22.0. The van der Waals surface area contributed by atoms with Crippen LogP contribution < -0.4 is 0 Å². The van der Waals surface area contributed by atoms with Crippen molar-refractivity contribution in [2.75, 3.05) is 60.5 Å². The van der Waals surface area contributed by atoms with Crippen molar-refractivity contribution in [1.82, 2.24) is 4.90 Å². The lowest BCUT2D eigenvalue weighted by Gasteiger charge is -2.41. The van der Waals surface area contributed by atoms with Crippen molar-refractivity contribution < 1.29 is 22.9 Å². The van der Waals surface area contributed by atoms with Crippen molar-refractivity contribution in [2.24, 2.45) is 5.16 Å². The Bertz CT molecular complexity index is 654. The molecule has 7 nitrogen and oxygen atoms in total. The molecule has 1 heterocycles. The van der Waals surface area contributed by atoms with Crippen molar-refractivity contribution in [3.8, 4) is 0 Å². The SMILES string of the molecule is CO[Si](CCCON=C(c1ccc(SC)cc1)C(C)(C)N1CCOCC1)(OC)OC. The lowest BCUT2D eigenvalue weighted by molar-refractivity contribution is 0.00878. The molecule has 1 aromatic rings. The van der Waals surface area contributed by atoms with E-state index in [9.17, 15) is 0 Å². The van der Waals surface area contributed by atoms with E-state index < -0.39 is 8.80 Å². The van der Waals surface area contributed by atoms with E-state index in [0.717, 1.165) is 44.0 Å². The van der Waals surface area contributed by atoms with Crippen molar-refractivity contribution in [3.05, 3.63) is 29.8 Å². The van der Waals surface area contributed by atoms with Crippen LogP contribution in [0.1, 0.15) is 25.8 Å². The van der Waals surface area contributed by atoms with Gasteiger partial charge >= 0.3 is 8.80 Å². The second-order valence-corrected chi connectivity index (χ2v) is 11.5. The summed E-state index contributed by atoms with van der Waals surface area (Å²) in [6.45, 7) is 8.08. The van der Waals surface area contributed by atoms with Gasteiger partial charge in [0.15, 0.2) is 0 Å². The molecular formula is C21H36N2O5SSi. The molecule has 1 aliphatic heterocycles. The molecule has 0 spiro atoms. The molecule has 1 saturated heterocycles. The number of morpholine rings is 1. The standard InChI is InChI=1S/C21H36N2O5SSi/c1-21(2,23-12-15-27-16-13-23)20(18-8-10-19(29-6)11-9-18)22-28-14-7-17-30(24-3,25-4)26-5/h8-11H,7,12-17H2,1-6H3. The summed E-state index contributed by atoms with van der Waals surface area (Å²) in [7, 11) is 2.29. The number of benzene rings is 1. The fraction of sp³-hybridized carbons (Fsp3) is 0.667. The second kappa shape index (κ2) is 12.2. The summed E-state index contributed by atoms with van der Waals surface area (Å²) in [5.41, 5.74) is 1.71. The van der Waals surface area contributed by atoms with E-state index in [4.69, 9.17) is 22.9 Å². The maximum atomic E-state index is 5.79. The Morgan fingerprint density at radius 1 is 1.10 bits per heavy atom. The van der Waals surface area contributed by atoms with Gasteiger partial charge in [-0.05, 0) is 38.7 Å². The third kappa shape index (κ3) is 6.53. The van der Waals surface area contributed by atoms with Gasteiger partial charge in [-0.25, -0.2) is 0 Å². The van der Waals surface area contributed by atoms with E-state index >= 15 is 0 Å². The van der Waals surface area contributed by atoms with E-state index in [1.165, 1.54) is 4.90 Å².